The Bertz CT molecular complexity index is 1550. The van der Waals surface area contributed by atoms with Crippen LogP contribution >= 0.6 is 0 Å². The lowest BCUT2D eigenvalue weighted by atomic mass is 10.0. The van der Waals surface area contributed by atoms with E-state index >= 15 is 0 Å². The third kappa shape index (κ3) is 7.28. The minimum Gasteiger partial charge on any atom is -0.497 e. The van der Waals surface area contributed by atoms with Gasteiger partial charge in [-0.15, -0.1) is 0 Å². The molecule has 4 rings (SSSR count). The molecule has 3 aromatic carbocycles. The number of non-ortho nitro benzene ring substituents is 1. The van der Waals surface area contributed by atoms with Crippen LogP contribution in [0, 0.1) is 21.7 Å². The molecule has 0 spiro atoms. The number of methoxy groups -OCH3 is 1. The number of carboxylic acid groups (broad SMARTS) is 1. The molecule has 1 aliphatic rings. The normalized spacial score (nSPS) is 15.1. The molecule has 0 aromatic heterocycles. The van der Waals surface area contributed by atoms with Crippen LogP contribution in [0.2, 0.25) is 0 Å². The fraction of sp³-hybridized carbons (Fsp3) is 0.241. The van der Waals surface area contributed by atoms with Gasteiger partial charge in [0.2, 0.25) is 5.91 Å². The van der Waals surface area contributed by atoms with Gasteiger partial charge in [0.1, 0.15) is 17.4 Å². The smallest absolute Gasteiger partial charge is 0.305 e. The number of hydrogen-bond acceptors (Lipinski definition) is 7. The zero-order chi connectivity index (χ0) is 31.3. The Labute approximate surface area is 243 Å². The Morgan fingerprint density at radius 3 is 2.28 bits per heavy atom. The van der Waals surface area contributed by atoms with Crippen molar-refractivity contribution in [1.82, 2.24) is 15.1 Å². The number of nitrogens with one attached hydrogen (secondary N) is 1. The van der Waals surface area contributed by atoms with Gasteiger partial charge < -0.3 is 25.0 Å². The van der Waals surface area contributed by atoms with Crippen molar-refractivity contribution in [3.63, 3.8) is 0 Å². The number of halogens is 2. The number of rotatable bonds is 10. The van der Waals surface area contributed by atoms with Crippen molar-refractivity contribution in [2.24, 2.45) is 0 Å². The predicted molar refractivity (Wildman–Crippen MR) is 146 cm³/mol. The third-order valence-electron chi connectivity index (χ3n) is 6.79. The number of carbonyl (C=O) groups excluding carboxylic acids is 3. The van der Waals surface area contributed by atoms with Gasteiger partial charge in [0.15, 0.2) is 6.17 Å². The summed E-state index contributed by atoms with van der Waals surface area (Å²) < 4.78 is 33.0. The first-order valence-electron chi connectivity index (χ1n) is 12.9. The van der Waals surface area contributed by atoms with E-state index in [-0.39, 0.29) is 30.8 Å². The zero-order valence-electron chi connectivity index (χ0n) is 22.7. The summed E-state index contributed by atoms with van der Waals surface area (Å²) >= 11 is 0. The third-order valence-corrected chi connectivity index (χ3v) is 6.79. The predicted octanol–water partition coefficient (Wildman–Crippen LogP) is 3.07. The first kappa shape index (κ1) is 30.6. The topological polar surface area (TPSA) is 159 Å². The summed E-state index contributed by atoms with van der Waals surface area (Å²) in [5.41, 5.74) is -0.0730. The minimum absolute atomic E-state index is 0.101. The number of ether oxygens (including phenoxy) is 1. The molecule has 224 valence electrons. The van der Waals surface area contributed by atoms with Crippen LogP contribution in [0.3, 0.4) is 0 Å². The highest BCUT2D eigenvalue weighted by molar-refractivity contribution is 5.99. The molecule has 2 unspecified atom stereocenters. The number of hydrogen-bond donors (Lipinski definition) is 2. The summed E-state index contributed by atoms with van der Waals surface area (Å²) in [7, 11) is 1.48. The van der Waals surface area contributed by atoms with Crippen LogP contribution in [0.15, 0.2) is 66.7 Å². The van der Waals surface area contributed by atoms with Crippen LogP contribution in [-0.4, -0.2) is 69.9 Å². The van der Waals surface area contributed by atoms with Gasteiger partial charge in [-0.1, -0.05) is 24.3 Å². The van der Waals surface area contributed by atoms with Crippen LogP contribution < -0.4 is 10.1 Å². The molecule has 0 radical (unpaired) electrons. The van der Waals surface area contributed by atoms with E-state index < -0.39 is 64.4 Å². The molecular weight excluding hydrogens is 570 g/mol. The Morgan fingerprint density at radius 2 is 1.67 bits per heavy atom. The average Bonchev–Trinajstić information content (AvgIpc) is 3.42. The second-order valence-corrected chi connectivity index (χ2v) is 9.65. The molecule has 3 amide bonds. The number of aliphatic carboxylic acids is 1. The van der Waals surface area contributed by atoms with Crippen molar-refractivity contribution in [1.29, 1.82) is 0 Å². The molecular formula is C29H26F2N4O8. The Morgan fingerprint density at radius 1 is 1.02 bits per heavy atom. The van der Waals surface area contributed by atoms with Gasteiger partial charge in [-0.25, -0.2) is 8.78 Å². The van der Waals surface area contributed by atoms with Crippen molar-refractivity contribution in [2.45, 2.75) is 25.0 Å². The summed E-state index contributed by atoms with van der Waals surface area (Å²) in [4.78, 5) is 64.9. The first-order chi connectivity index (χ1) is 20.5. The van der Waals surface area contributed by atoms with Crippen molar-refractivity contribution in [3.8, 4) is 5.75 Å². The maximum atomic E-state index is 13.9. The van der Waals surface area contributed by atoms with Crippen molar-refractivity contribution in [2.75, 3.05) is 20.2 Å². The number of benzene rings is 3. The van der Waals surface area contributed by atoms with E-state index in [9.17, 15) is 43.2 Å². The minimum atomic E-state index is -1.63. The summed E-state index contributed by atoms with van der Waals surface area (Å²) in [5, 5.41) is 23.3. The van der Waals surface area contributed by atoms with Crippen LogP contribution in [0.5, 0.6) is 5.75 Å². The fourth-order valence-corrected chi connectivity index (χ4v) is 4.78. The Kier molecular flexibility index (Phi) is 9.28. The lowest BCUT2D eigenvalue weighted by molar-refractivity contribution is -0.384. The quantitative estimate of drug-likeness (QED) is 0.267. The molecule has 2 atom stereocenters. The number of carboxylic acids is 1. The SMILES string of the molecule is COc1ccc(CC(=O)N2CCN(C(=O)c3cc(F)cc(F)c3)C2C(=O)NC(CC(=O)O)c2cccc([N+](=O)[O-])c2)cc1. The molecule has 14 heteroatoms. The molecule has 1 saturated heterocycles. The monoisotopic (exact) mass is 596 g/mol. The standard InChI is InChI=1S/C29H26F2N4O8/c1-43-23-7-5-17(6-8-23)11-25(36)33-9-10-34(29(40)19-12-20(30)15-21(31)13-19)28(33)27(39)32-24(16-26(37)38)18-3-2-4-22(14-18)35(41)42/h2-8,12-15,24,28H,9-11,16H2,1H3,(H,32,39)(H,37,38). The number of nitro groups is 1. The van der Waals surface area contributed by atoms with E-state index in [1.165, 1.54) is 25.3 Å². The molecule has 1 heterocycles. The number of nitrogens with zero attached hydrogens (tertiary/aromatic N) is 3. The van der Waals surface area contributed by atoms with E-state index in [2.05, 4.69) is 5.32 Å². The van der Waals surface area contributed by atoms with Crippen LogP contribution in [0.1, 0.15) is 33.9 Å². The molecule has 43 heavy (non-hydrogen) atoms. The Balaban J connectivity index is 1.67. The van der Waals surface area contributed by atoms with E-state index in [0.29, 0.717) is 17.4 Å². The molecule has 1 fully saturated rings. The number of carbonyl (C=O) groups is 4. The molecule has 0 aliphatic carbocycles. The van der Waals surface area contributed by atoms with Crippen LogP contribution in [-0.2, 0) is 20.8 Å². The van der Waals surface area contributed by atoms with Crippen molar-refractivity contribution in [3.05, 3.63) is 105 Å². The second kappa shape index (κ2) is 13.1. The van der Waals surface area contributed by atoms with E-state index in [1.807, 2.05) is 0 Å². The molecule has 1 aliphatic heterocycles. The fourth-order valence-electron chi connectivity index (χ4n) is 4.78. The maximum Gasteiger partial charge on any atom is 0.305 e. The molecule has 2 N–H and O–H groups in total. The number of amides is 3. The van der Waals surface area contributed by atoms with Crippen LogP contribution in [0.25, 0.3) is 0 Å². The maximum absolute atomic E-state index is 13.9. The first-order valence-corrected chi connectivity index (χ1v) is 12.9. The lowest BCUT2D eigenvalue weighted by Crippen LogP contribution is -2.54. The summed E-state index contributed by atoms with van der Waals surface area (Å²) in [6, 6.07) is 12.4. The van der Waals surface area contributed by atoms with E-state index in [0.717, 1.165) is 28.0 Å². The highest BCUT2D eigenvalue weighted by Crippen LogP contribution is 2.26. The summed E-state index contributed by atoms with van der Waals surface area (Å²) in [5.74, 6) is -5.30. The van der Waals surface area contributed by atoms with Crippen molar-refractivity contribution >= 4 is 29.4 Å². The highest BCUT2D eigenvalue weighted by Gasteiger charge is 2.43. The van der Waals surface area contributed by atoms with Crippen molar-refractivity contribution < 1.29 is 42.7 Å². The summed E-state index contributed by atoms with van der Waals surface area (Å²) in [6.45, 7) is -0.291. The second-order valence-electron chi connectivity index (χ2n) is 9.65. The molecule has 0 bridgehead atoms. The van der Waals surface area contributed by atoms with Crippen LogP contribution in [0.4, 0.5) is 14.5 Å². The lowest BCUT2D eigenvalue weighted by Gasteiger charge is -2.31. The van der Waals surface area contributed by atoms with Gasteiger partial charge in [0, 0.05) is 36.9 Å². The van der Waals surface area contributed by atoms with Gasteiger partial charge in [-0.05, 0) is 35.4 Å². The van der Waals surface area contributed by atoms with Gasteiger partial charge >= 0.3 is 5.97 Å². The highest BCUT2D eigenvalue weighted by atomic mass is 19.1. The van der Waals surface area contributed by atoms with Gasteiger partial charge in [0.05, 0.1) is 30.9 Å². The number of nitro benzene ring substituents is 1. The molecule has 3 aromatic rings. The Hall–Kier alpha value is -5.40. The molecule has 12 nitrogen and oxygen atoms in total. The zero-order valence-corrected chi connectivity index (χ0v) is 22.7. The van der Waals surface area contributed by atoms with Gasteiger partial charge in [-0.2, -0.15) is 0 Å². The molecule has 0 saturated carbocycles. The average molecular weight is 597 g/mol. The van der Waals surface area contributed by atoms with Gasteiger partial charge in [-0.3, -0.25) is 29.3 Å². The van der Waals surface area contributed by atoms with E-state index in [1.54, 1.807) is 24.3 Å². The van der Waals surface area contributed by atoms with Gasteiger partial charge in [0.25, 0.3) is 17.5 Å². The van der Waals surface area contributed by atoms with E-state index in [4.69, 9.17) is 4.74 Å². The summed E-state index contributed by atoms with van der Waals surface area (Å²) in [6.07, 6.45) is -2.48. The largest absolute Gasteiger partial charge is 0.497 e.